The fourth-order valence-electron chi connectivity index (χ4n) is 8.32. The van der Waals surface area contributed by atoms with Crippen LogP contribution in [0.2, 0.25) is 0 Å². The molecular weight excluding hydrogens is 703 g/mol. The van der Waals surface area contributed by atoms with Gasteiger partial charge in [0.2, 0.25) is 0 Å². The maximum absolute atomic E-state index is 5.04. The zero-order chi connectivity index (χ0) is 38.4. The summed E-state index contributed by atoms with van der Waals surface area (Å²) in [5.74, 6) is 1.94. The smallest absolute Gasteiger partial charge is 0.164 e. The first-order chi connectivity index (χ1) is 28.7. The standard InChI is InChI=1S/C55H35N3/c1-3-11-36(12-4-1)37-21-25-42(26-22-37)54-56-53(41-14-5-2-6-15-41)57-55(58-54)47-30-29-44-33-43(27-28-45(44)34-47)38-19-23-40(24-20-38)52-49-18-10-8-16-46(49)35-51-48-17-9-7-13-39(48)31-32-50(51)52/h1-35H. The molecule has 0 N–H and O–H groups in total. The van der Waals surface area contributed by atoms with Crippen LogP contribution in [0.3, 0.4) is 0 Å². The summed E-state index contributed by atoms with van der Waals surface area (Å²) in [4.78, 5) is 15.0. The van der Waals surface area contributed by atoms with Crippen molar-refractivity contribution in [3.05, 3.63) is 212 Å². The number of nitrogens with zero attached hydrogens (tertiary/aromatic N) is 3. The molecule has 0 amide bonds. The van der Waals surface area contributed by atoms with E-state index in [1.54, 1.807) is 0 Å². The van der Waals surface area contributed by atoms with Crippen molar-refractivity contribution in [3.8, 4) is 67.5 Å². The van der Waals surface area contributed by atoms with Crippen LogP contribution < -0.4 is 0 Å². The van der Waals surface area contributed by atoms with Gasteiger partial charge in [-0.2, -0.15) is 0 Å². The maximum atomic E-state index is 5.04. The minimum Gasteiger partial charge on any atom is -0.208 e. The van der Waals surface area contributed by atoms with Gasteiger partial charge < -0.3 is 0 Å². The van der Waals surface area contributed by atoms with Gasteiger partial charge in [0.1, 0.15) is 0 Å². The van der Waals surface area contributed by atoms with E-state index in [2.05, 4.69) is 176 Å². The van der Waals surface area contributed by atoms with E-state index in [9.17, 15) is 0 Å². The lowest BCUT2D eigenvalue weighted by Crippen LogP contribution is -2.00. The molecule has 3 nitrogen and oxygen atoms in total. The van der Waals surface area contributed by atoms with Crippen LogP contribution in [0, 0.1) is 0 Å². The Hall–Kier alpha value is -7.75. The van der Waals surface area contributed by atoms with Crippen molar-refractivity contribution in [2.75, 3.05) is 0 Å². The van der Waals surface area contributed by atoms with Gasteiger partial charge in [-0.1, -0.05) is 194 Å². The first-order valence-corrected chi connectivity index (χ1v) is 19.7. The van der Waals surface area contributed by atoms with Gasteiger partial charge in [-0.25, -0.2) is 15.0 Å². The average molecular weight is 738 g/mol. The van der Waals surface area contributed by atoms with E-state index in [1.165, 1.54) is 60.1 Å². The molecule has 0 aliphatic carbocycles. The molecule has 58 heavy (non-hydrogen) atoms. The second kappa shape index (κ2) is 14.1. The van der Waals surface area contributed by atoms with Gasteiger partial charge in [0.25, 0.3) is 0 Å². The van der Waals surface area contributed by atoms with Crippen molar-refractivity contribution in [2.45, 2.75) is 0 Å². The fourth-order valence-corrected chi connectivity index (χ4v) is 8.32. The summed E-state index contributed by atoms with van der Waals surface area (Å²) in [6.45, 7) is 0. The van der Waals surface area contributed by atoms with Gasteiger partial charge in [-0.05, 0) is 94.7 Å². The van der Waals surface area contributed by atoms with Crippen LogP contribution in [0.1, 0.15) is 0 Å². The molecule has 11 rings (SSSR count). The molecular formula is C55H35N3. The highest BCUT2D eigenvalue weighted by molar-refractivity contribution is 6.20. The molecule has 0 aliphatic heterocycles. The Morgan fingerprint density at radius 2 is 0.638 bits per heavy atom. The molecule has 0 bridgehead atoms. The molecule has 10 aromatic carbocycles. The normalized spacial score (nSPS) is 11.4. The highest BCUT2D eigenvalue weighted by Gasteiger charge is 2.15. The van der Waals surface area contributed by atoms with Gasteiger partial charge in [-0.15, -0.1) is 0 Å². The van der Waals surface area contributed by atoms with Gasteiger partial charge in [-0.3, -0.25) is 0 Å². The number of hydrogen-bond donors (Lipinski definition) is 0. The molecule has 1 heterocycles. The summed E-state index contributed by atoms with van der Waals surface area (Å²) >= 11 is 0. The maximum Gasteiger partial charge on any atom is 0.164 e. The van der Waals surface area contributed by atoms with Crippen LogP contribution in [-0.4, -0.2) is 15.0 Å². The Morgan fingerprint density at radius 1 is 0.207 bits per heavy atom. The number of rotatable bonds is 6. The van der Waals surface area contributed by atoms with Crippen molar-refractivity contribution in [2.24, 2.45) is 0 Å². The number of hydrogen-bond acceptors (Lipinski definition) is 3. The molecule has 0 aliphatic rings. The molecule has 11 aromatic rings. The highest BCUT2D eigenvalue weighted by Crippen LogP contribution is 2.40. The molecule has 3 heteroatoms. The Bertz CT molecular complexity index is 3300. The molecule has 0 unspecified atom stereocenters. The molecule has 0 atom stereocenters. The lowest BCUT2D eigenvalue weighted by atomic mass is 9.89. The summed E-state index contributed by atoms with van der Waals surface area (Å²) in [7, 11) is 0. The van der Waals surface area contributed by atoms with Gasteiger partial charge in [0.05, 0.1) is 0 Å². The van der Waals surface area contributed by atoms with Crippen LogP contribution in [0.4, 0.5) is 0 Å². The minimum atomic E-state index is 0.645. The second-order valence-corrected chi connectivity index (χ2v) is 14.8. The monoisotopic (exact) mass is 737 g/mol. The predicted octanol–water partition coefficient (Wildman–Crippen LogP) is 14.5. The Labute approximate surface area is 336 Å². The number of fused-ring (bicyclic) bond motifs is 5. The van der Waals surface area contributed by atoms with E-state index in [1.807, 2.05) is 36.4 Å². The van der Waals surface area contributed by atoms with E-state index in [0.29, 0.717) is 17.5 Å². The Kier molecular flexibility index (Phi) is 8.15. The van der Waals surface area contributed by atoms with E-state index < -0.39 is 0 Å². The van der Waals surface area contributed by atoms with Crippen molar-refractivity contribution in [3.63, 3.8) is 0 Å². The Balaban J connectivity index is 0.942. The lowest BCUT2D eigenvalue weighted by Gasteiger charge is -2.14. The Morgan fingerprint density at radius 3 is 1.33 bits per heavy atom. The highest BCUT2D eigenvalue weighted by atomic mass is 15.0. The fraction of sp³-hybridized carbons (Fsp3) is 0. The topological polar surface area (TPSA) is 38.7 Å². The summed E-state index contributed by atoms with van der Waals surface area (Å²) in [6, 6.07) is 75.5. The number of benzene rings is 10. The van der Waals surface area contributed by atoms with Crippen LogP contribution in [0.5, 0.6) is 0 Å². The van der Waals surface area contributed by atoms with E-state index in [-0.39, 0.29) is 0 Å². The van der Waals surface area contributed by atoms with Gasteiger partial charge >= 0.3 is 0 Å². The van der Waals surface area contributed by atoms with Gasteiger partial charge in [0.15, 0.2) is 17.5 Å². The van der Waals surface area contributed by atoms with Crippen molar-refractivity contribution < 1.29 is 0 Å². The molecule has 0 fully saturated rings. The average Bonchev–Trinajstić information content (AvgIpc) is 3.31. The minimum absolute atomic E-state index is 0.645. The van der Waals surface area contributed by atoms with E-state index in [4.69, 9.17) is 15.0 Å². The summed E-state index contributed by atoms with van der Waals surface area (Å²) in [5, 5.41) is 9.90. The zero-order valence-corrected chi connectivity index (χ0v) is 31.5. The van der Waals surface area contributed by atoms with Crippen molar-refractivity contribution >= 4 is 43.1 Å². The third-order valence-corrected chi connectivity index (χ3v) is 11.3. The molecule has 0 radical (unpaired) electrons. The van der Waals surface area contributed by atoms with E-state index >= 15 is 0 Å². The summed E-state index contributed by atoms with van der Waals surface area (Å²) in [5.41, 5.74) is 10.0. The molecule has 0 saturated carbocycles. The van der Waals surface area contributed by atoms with E-state index in [0.717, 1.165) is 33.0 Å². The largest absolute Gasteiger partial charge is 0.208 e. The summed E-state index contributed by atoms with van der Waals surface area (Å²) < 4.78 is 0. The van der Waals surface area contributed by atoms with Crippen LogP contribution in [0.25, 0.3) is 111 Å². The molecule has 0 spiro atoms. The first kappa shape index (κ1) is 33.6. The van der Waals surface area contributed by atoms with Crippen LogP contribution >= 0.6 is 0 Å². The van der Waals surface area contributed by atoms with Crippen molar-refractivity contribution in [1.29, 1.82) is 0 Å². The molecule has 270 valence electrons. The lowest BCUT2D eigenvalue weighted by molar-refractivity contribution is 1.07. The predicted molar refractivity (Wildman–Crippen MR) is 242 cm³/mol. The third-order valence-electron chi connectivity index (χ3n) is 11.3. The van der Waals surface area contributed by atoms with Crippen LogP contribution in [0.15, 0.2) is 212 Å². The third kappa shape index (κ3) is 6.07. The number of aromatic nitrogens is 3. The molecule has 1 aromatic heterocycles. The van der Waals surface area contributed by atoms with Crippen molar-refractivity contribution in [1.82, 2.24) is 15.0 Å². The molecule has 0 saturated heterocycles. The second-order valence-electron chi connectivity index (χ2n) is 14.8. The first-order valence-electron chi connectivity index (χ1n) is 19.7. The quantitative estimate of drug-likeness (QED) is 0.126. The summed E-state index contributed by atoms with van der Waals surface area (Å²) in [6.07, 6.45) is 0. The zero-order valence-electron chi connectivity index (χ0n) is 31.5. The van der Waals surface area contributed by atoms with Gasteiger partial charge in [0, 0.05) is 16.7 Å². The van der Waals surface area contributed by atoms with Crippen LogP contribution in [-0.2, 0) is 0 Å². The SMILES string of the molecule is c1ccc(-c2ccc(-c3nc(-c4ccccc4)nc(-c4ccc5cc(-c6ccc(-c7c8ccccc8cc8c7ccc7ccccc78)cc6)ccc5c4)n3)cc2)cc1.